The van der Waals surface area contributed by atoms with E-state index >= 15 is 0 Å². The van der Waals surface area contributed by atoms with Gasteiger partial charge in [-0.05, 0) is 27.2 Å². The third-order valence-electron chi connectivity index (χ3n) is 2.87. The molecule has 18 heavy (non-hydrogen) atoms. The molecule has 0 aliphatic carbocycles. The van der Waals surface area contributed by atoms with E-state index in [2.05, 4.69) is 17.6 Å². The van der Waals surface area contributed by atoms with Crippen molar-refractivity contribution in [3.8, 4) is 0 Å². The quantitative estimate of drug-likeness (QED) is 0.574. The Balaban J connectivity index is 3.68. The average Bonchev–Trinajstić information content (AvgIpc) is 2.32. The summed E-state index contributed by atoms with van der Waals surface area (Å²) in [6.45, 7) is 10.4. The van der Waals surface area contributed by atoms with Crippen LogP contribution >= 0.6 is 0 Å². The van der Waals surface area contributed by atoms with Crippen LogP contribution in [0.15, 0.2) is 0 Å². The molecule has 0 spiro atoms. The van der Waals surface area contributed by atoms with Gasteiger partial charge in [0.25, 0.3) is 0 Å². The molecule has 1 unspecified atom stereocenters. The van der Waals surface area contributed by atoms with Crippen LogP contribution in [0.2, 0.25) is 0 Å². The van der Waals surface area contributed by atoms with Crippen molar-refractivity contribution in [2.75, 3.05) is 33.5 Å². The summed E-state index contributed by atoms with van der Waals surface area (Å²) in [6.07, 6.45) is 0.908. The summed E-state index contributed by atoms with van der Waals surface area (Å²) in [6, 6.07) is -0.207. The topological polar surface area (TPSA) is 59.6 Å². The van der Waals surface area contributed by atoms with Crippen molar-refractivity contribution in [3.05, 3.63) is 0 Å². The van der Waals surface area contributed by atoms with Gasteiger partial charge in [-0.15, -0.1) is 0 Å². The number of methoxy groups -OCH3 is 1. The second-order valence-corrected chi connectivity index (χ2v) is 5.01. The van der Waals surface area contributed by atoms with Crippen LogP contribution in [0.4, 0.5) is 0 Å². The zero-order valence-electron chi connectivity index (χ0n) is 12.3. The van der Waals surface area contributed by atoms with Crippen LogP contribution in [-0.2, 0) is 14.3 Å². The lowest BCUT2D eigenvalue weighted by Crippen LogP contribution is -2.51. The lowest BCUT2D eigenvalue weighted by atomic mass is 10.0. The number of hydrogen-bond acceptors (Lipinski definition) is 4. The number of amides is 1. The summed E-state index contributed by atoms with van der Waals surface area (Å²) >= 11 is 0. The molecule has 0 aliphatic rings. The summed E-state index contributed by atoms with van der Waals surface area (Å²) in [5.41, 5.74) is -0.151. The smallest absolute Gasteiger partial charge is 0.237 e. The SMILES string of the molecule is CCC(C)(C)NC(=O)C(C)NCCOCCOC. The number of nitrogens with one attached hydrogen (secondary N) is 2. The van der Waals surface area contributed by atoms with Crippen LogP contribution in [0.25, 0.3) is 0 Å². The van der Waals surface area contributed by atoms with E-state index in [9.17, 15) is 4.79 Å². The predicted octanol–water partition coefficient (Wildman–Crippen LogP) is 0.932. The van der Waals surface area contributed by atoms with Gasteiger partial charge in [-0.3, -0.25) is 4.79 Å². The van der Waals surface area contributed by atoms with Gasteiger partial charge in [0, 0.05) is 19.2 Å². The largest absolute Gasteiger partial charge is 0.382 e. The van der Waals surface area contributed by atoms with Gasteiger partial charge in [-0.25, -0.2) is 0 Å². The van der Waals surface area contributed by atoms with E-state index in [1.165, 1.54) is 0 Å². The number of ether oxygens (including phenoxy) is 2. The van der Waals surface area contributed by atoms with Gasteiger partial charge in [0.1, 0.15) is 0 Å². The van der Waals surface area contributed by atoms with E-state index < -0.39 is 0 Å². The molecule has 0 heterocycles. The molecule has 5 heteroatoms. The Morgan fingerprint density at radius 1 is 1.28 bits per heavy atom. The third kappa shape index (κ3) is 8.44. The molecule has 0 aromatic heterocycles. The average molecular weight is 260 g/mol. The first kappa shape index (κ1) is 17.4. The van der Waals surface area contributed by atoms with Crippen molar-refractivity contribution in [1.29, 1.82) is 0 Å². The molecule has 0 rings (SSSR count). The van der Waals surface area contributed by atoms with Crippen LogP contribution in [-0.4, -0.2) is 51.0 Å². The molecule has 5 nitrogen and oxygen atoms in total. The van der Waals surface area contributed by atoms with Crippen molar-refractivity contribution < 1.29 is 14.3 Å². The molecular formula is C13H28N2O3. The molecule has 1 amide bonds. The minimum absolute atomic E-state index is 0.0266. The van der Waals surface area contributed by atoms with E-state index in [1.807, 2.05) is 20.8 Å². The Bertz CT molecular complexity index is 232. The molecule has 1 atom stereocenters. The van der Waals surface area contributed by atoms with Crippen LogP contribution in [0.5, 0.6) is 0 Å². The fourth-order valence-corrected chi connectivity index (χ4v) is 1.21. The molecule has 0 bridgehead atoms. The second kappa shape index (κ2) is 9.30. The zero-order chi connectivity index (χ0) is 14.0. The normalized spacial score (nSPS) is 13.4. The van der Waals surface area contributed by atoms with Gasteiger partial charge < -0.3 is 20.1 Å². The van der Waals surface area contributed by atoms with Crippen molar-refractivity contribution in [3.63, 3.8) is 0 Å². The maximum Gasteiger partial charge on any atom is 0.237 e. The first-order valence-corrected chi connectivity index (χ1v) is 6.55. The Morgan fingerprint density at radius 3 is 2.50 bits per heavy atom. The van der Waals surface area contributed by atoms with Crippen molar-refractivity contribution in [1.82, 2.24) is 10.6 Å². The summed E-state index contributed by atoms with van der Waals surface area (Å²) < 4.78 is 10.2. The minimum atomic E-state index is -0.207. The van der Waals surface area contributed by atoms with E-state index in [0.717, 1.165) is 6.42 Å². The van der Waals surface area contributed by atoms with Crippen molar-refractivity contribution >= 4 is 5.91 Å². The van der Waals surface area contributed by atoms with Gasteiger partial charge in [0.05, 0.1) is 25.9 Å². The highest BCUT2D eigenvalue weighted by Gasteiger charge is 2.21. The molecule has 0 radical (unpaired) electrons. The lowest BCUT2D eigenvalue weighted by Gasteiger charge is -2.26. The molecule has 108 valence electrons. The molecule has 0 aromatic carbocycles. The fourth-order valence-electron chi connectivity index (χ4n) is 1.21. The monoisotopic (exact) mass is 260 g/mol. The number of carbonyl (C=O) groups is 1. The third-order valence-corrected chi connectivity index (χ3v) is 2.87. The Hall–Kier alpha value is -0.650. The maximum absolute atomic E-state index is 11.8. The highest BCUT2D eigenvalue weighted by molar-refractivity contribution is 5.81. The summed E-state index contributed by atoms with van der Waals surface area (Å²) in [5, 5.41) is 6.13. The Kier molecular flexibility index (Phi) is 8.97. The van der Waals surface area contributed by atoms with E-state index in [0.29, 0.717) is 26.4 Å². The van der Waals surface area contributed by atoms with Gasteiger partial charge in [-0.2, -0.15) is 0 Å². The standard InChI is InChI=1S/C13H28N2O3/c1-6-13(3,4)15-12(16)11(2)14-7-8-18-10-9-17-5/h11,14H,6-10H2,1-5H3,(H,15,16). The summed E-state index contributed by atoms with van der Waals surface area (Å²) in [5.74, 6) is 0.0266. The number of carbonyl (C=O) groups excluding carboxylic acids is 1. The van der Waals surface area contributed by atoms with E-state index in [-0.39, 0.29) is 17.5 Å². The lowest BCUT2D eigenvalue weighted by molar-refractivity contribution is -0.124. The van der Waals surface area contributed by atoms with Gasteiger partial charge in [0.15, 0.2) is 0 Å². The minimum Gasteiger partial charge on any atom is -0.382 e. The molecular weight excluding hydrogens is 232 g/mol. The molecule has 0 saturated carbocycles. The molecule has 2 N–H and O–H groups in total. The van der Waals surface area contributed by atoms with Crippen molar-refractivity contribution in [2.24, 2.45) is 0 Å². The van der Waals surface area contributed by atoms with E-state index in [4.69, 9.17) is 9.47 Å². The van der Waals surface area contributed by atoms with E-state index in [1.54, 1.807) is 7.11 Å². The van der Waals surface area contributed by atoms with Crippen LogP contribution in [0, 0.1) is 0 Å². The molecule has 0 aliphatic heterocycles. The summed E-state index contributed by atoms with van der Waals surface area (Å²) in [7, 11) is 1.64. The molecule has 0 fully saturated rings. The Labute approximate surface area is 111 Å². The Morgan fingerprint density at radius 2 is 1.94 bits per heavy atom. The second-order valence-electron chi connectivity index (χ2n) is 5.01. The maximum atomic E-state index is 11.8. The fraction of sp³-hybridized carbons (Fsp3) is 0.923. The zero-order valence-corrected chi connectivity index (χ0v) is 12.3. The van der Waals surface area contributed by atoms with Crippen LogP contribution < -0.4 is 10.6 Å². The van der Waals surface area contributed by atoms with Gasteiger partial charge >= 0.3 is 0 Å². The highest BCUT2D eigenvalue weighted by atomic mass is 16.5. The molecule has 0 saturated heterocycles. The van der Waals surface area contributed by atoms with Crippen molar-refractivity contribution in [2.45, 2.75) is 45.7 Å². The first-order chi connectivity index (χ1) is 8.43. The van der Waals surface area contributed by atoms with Crippen LogP contribution in [0.1, 0.15) is 34.1 Å². The molecule has 0 aromatic rings. The predicted molar refractivity (Wildman–Crippen MR) is 72.7 cm³/mol. The number of hydrogen-bond donors (Lipinski definition) is 2. The van der Waals surface area contributed by atoms with Crippen LogP contribution in [0.3, 0.4) is 0 Å². The summed E-state index contributed by atoms with van der Waals surface area (Å²) in [4.78, 5) is 11.8. The first-order valence-electron chi connectivity index (χ1n) is 6.55. The van der Waals surface area contributed by atoms with Gasteiger partial charge in [0.2, 0.25) is 5.91 Å². The number of rotatable bonds is 10. The van der Waals surface area contributed by atoms with Gasteiger partial charge in [-0.1, -0.05) is 6.92 Å². The highest BCUT2D eigenvalue weighted by Crippen LogP contribution is 2.06.